The van der Waals surface area contributed by atoms with E-state index in [4.69, 9.17) is 5.11 Å². The maximum atomic E-state index is 11.0. The molecule has 0 aliphatic rings. The van der Waals surface area contributed by atoms with Gasteiger partial charge in [0.15, 0.2) is 5.69 Å². The van der Waals surface area contributed by atoms with Crippen LogP contribution in [0.4, 0.5) is 11.6 Å². The lowest BCUT2D eigenvalue weighted by Crippen LogP contribution is -2.16. The Morgan fingerprint density at radius 1 is 1.32 bits per heavy atom. The van der Waals surface area contributed by atoms with E-state index in [2.05, 4.69) is 25.9 Å². The molecule has 19 heavy (non-hydrogen) atoms. The monoisotopic (exact) mass is 321 g/mol. The zero-order chi connectivity index (χ0) is 14.0. The molecule has 2 aromatic rings. The summed E-state index contributed by atoms with van der Waals surface area (Å²) in [5.41, 5.74) is 1.46. The second-order valence-electron chi connectivity index (χ2n) is 4.01. The summed E-state index contributed by atoms with van der Waals surface area (Å²) in [5, 5.41) is 9.02. The zero-order valence-corrected chi connectivity index (χ0v) is 12.0. The average Bonchev–Trinajstić information content (AvgIpc) is 2.37. The minimum atomic E-state index is -1.06. The quantitative estimate of drug-likeness (QED) is 0.941. The van der Waals surface area contributed by atoms with E-state index in [9.17, 15) is 4.79 Å². The summed E-state index contributed by atoms with van der Waals surface area (Å²) in [6, 6.07) is 9.04. The molecule has 0 aliphatic carbocycles. The molecule has 0 radical (unpaired) electrons. The van der Waals surface area contributed by atoms with Crippen molar-refractivity contribution in [2.24, 2.45) is 0 Å². The highest BCUT2D eigenvalue weighted by atomic mass is 79.9. The summed E-state index contributed by atoms with van der Waals surface area (Å²) >= 11 is 3.45. The van der Waals surface area contributed by atoms with Crippen molar-refractivity contribution >= 4 is 33.5 Å². The fourth-order valence-electron chi connectivity index (χ4n) is 1.64. The molecule has 0 spiro atoms. The molecule has 1 N–H and O–H groups in total. The molecule has 6 heteroatoms. The lowest BCUT2D eigenvalue weighted by molar-refractivity contribution is 0.0690. The molecule has 98 valence electrons. The molecule has 0 amide bonds. The lowest BCUT2D eigenvalue weighted by Gasteiger charge is -2.19. The van der Waals surface area contributed by atoms with Gasteiger partial charge in [-0.2, -0.15) is 0 Å². The Hall–Kier alpha value is -1.95. The summed E-state index contributed by atoms with van der Waals surface area (Å²) < 4.78 is 0.888. The highest BCUT2D eigenvalue weighted by Gasteiger charge is 2.14. The van der Waals surface area contributed by atoms with Crippen molar-refractivity contribution < 1.29 is 9.90 Å². The van der Waals surface area contributed by atoms with Crippen LogP contribution in [0.1, 0.15) is 16.2 Å². The second-order valence-corrected chi connectivity index (χ2v) is 4.86. The minimum Gasteiger partial charge on any atom is -0.477 e. The molecule has 2 rings (SSSR count). The van der Waals surface area contributed by atoms with E-state index in [-0.39, 0.29) is 5.69 Å². The predicted molar refractivity (Wildman–Crippen MR) is 75.9 cm³/mol. The third-order valence-electron chi connectivity index (χ3n) is 2.58. The van der Waals surface area contributed by atoms with Crippen LogP contribution in [0.2, 0.25) is 0 Å². The van der Waals surface area contributed by atoms with Crippen molar-refractivity contribution in [2.75, 3.05) is 11.9 Å². The minimum absolute atomic E-state index is 0.0126. The van der Waals surface area contributed by atoms with Crippen LogP contribution in [0.15, 0.2) is 34.8 Å². The van der Waals surface area contributed by atoms with E-state index in [1.54, 1.807) is 18.9 Å². The number of aromatic nitrogens is 2. The van der Waals surface area contributed by atoms with Gasteiger partial charge in [-0.05, 0) is 41.1 Å². The third kappa shape index (κ3) is 2.90. The van der Waals surface area contributed by atoms with E-state index in [0.717, 1.165) is 10.2 Å². The Morgan fingerprint density at radius 2 is 2.00 bits per heavy atom. The van der Waals surface area contributed by atoms with Crippen LogP contribution >= 0.6 is 15.9 Å². The highest BCUT2D eigenvalue weighted by Crippen LogP contribution is 2.28. The van der Waals surface area contributed by atoms with Crippen LogP contribution in [0.3, 0.4) is 0 Å². The van der Waals surface area contributed by atoms with Gasteiger partial charge in [0.2, 0.25) is 5.95 Å². The Morgan fingerprint density at radius 3 is 2.63 bits per heavy atom. The fraction of sp³-hybridized carbons (Fsp3) is 0.154. The number of para-hydroxylation sites is 1. The van der Waals surface area contributed by atoms with Crippen LogP contribution < -0.4 is 4.90 Å². The van der Waals surface area contributed by atoms with E-state index >= 15 is 0 Å². The first-order chi connectivity index (χ1) is 8.99. The van der Waals surface area contributed by atoms with Crippen LogP contribution in [-0.2, 0) is 0 Å². The van der Waals surface area contributed by atoms with Crippen molar-refractivity contribution in [3.63, 3.8) is 0 Å². The molecule has 1 aromatic carbocycles. The second kappa shape index (κ2) is 5.36. The van der Waals surface area contributed by atoms with Gasteiger partial charge in [0.1, 0.15) is 0 Å². The number of hydrogen-bond acceptors (Lipinski definition) is 4. The Kier molecular flexibility index (Phi) is 3.80. The molecule has 0 bridgehead atoms. The largest absolute Gasteiger partial charge is 0.477 e. The molecule has 0 aliphatic heterocycles. The Bertz CT molecular complexity index is 631. The van der Waals surface area contributed by atoms with Crippen molar-refractivity contribution in [3.8, 4) is 0 Å². The first-order valence-corrected chi connectivity index (χ1v) is 6.35. The fourth-order valence-corrected chi connectivity index (χ4v) is 2.19. The Labute approximate surface area is 119 Å². The summed E-state index contributed by atoms with van der Waals surface area (Å²) in [6.07, 6.45) is 0. The van der Waals surface area contributed by atoms with Gasteiger partial charge in [0.05, 0.1) is 5.69 Å². The maximum Gasteiger partial charge on any atom is 0.354 e. The number of aromatic carboxylic acids is 1. The normalized spacial score (nSPS) is 10.3. The molecule has 0 saturated heterocycles. The third-order valence-corrected chi connectivity index (χ3v) is 3.25. The van der Waals surface area contributed by atoms with Gasteiger partial charge >= 0.3 is 5.97 Å². The average molecular weight is 322 g/mol. The van der Waals surface area contributed by atoms with Crippen LogP contribution in [0.25, 0.3) is 0 Å². The van der Waals surface area contributed by atoms with Gasteiger partial charge in [-0.1, -0.05) is 12.1 Å². The Balaban J connectivity index is 2.47. The smallest absolute Gasteiger partial charge is 0.354 e. The zero-order valence-electron chi connectivity index (χ0n) is 10.5. The number of carboxylic acid groups (broad SMARTS) is 1. The molecule has 1 heterocycles. The summed E-state index contributed by atoms with van der Waals surface area (Å²) in [4.78, 5) is 21.1. The van der Waals surface area contributed by atoms with Gasteiger partial charge in [-0.15, -0.1) is 0 Å². The number of rotatable bonds is 3. The van der Waals surface area contributed by atoms with Gasteiger partial charge in [0, 0.05) is 17.2 Å². The molecule has 0 atom stereocenters. The van der Waals surface area contributed by atoms with Crippen LogP contribution in [0.5, 0.6) is 0 Å². The van der Waals surface area contributed by atoms with E-state index in [0.29, 0.717) is 11.6 Å². The van der Waals surface area contributed by atoms with Crippen LogP contribution in [0, 0.1) is 6.92 Å². The molecule has 1 aromatic heterocycles. The molecule has 0 saturated carbocycles. The standard InChI is InChI=1S/C13H12BrN3O2/c1-8-7-10(12(18)19)16-13(15-8)17(2)11-6-4-3-5-9(11)14/h3-7H,1-2H3,(H,18,19). The summed E-state index contributed by atoms with van der Waals surface area (Å²) in [6.45, 7) is 1.74. The number of halogens is 1. The predicted octanol–water partition coefficient (Wildman–Crippen LogP) is 3.01. The maximum absolute atomic E-state index is 11.0. The van der Waals surface area contributed by atoms with Crippen molar-refractivity contribution in [3.05, 3.63) is 46.2 Å². The topological polar surface area (TPSA) is 66.3 Å². The van der Waals surface area contributed by atoms with Gasteiger partial charge in [-0.25, -0.2) is 14.8 Å². The number of nitrogens with zero attached hydrogens (tertiary/aromatic N) is 3. The van der Waals surface area contributed by atoms with E-state index < -0.39 is 5.97 Å². The number of carboxylic acids is 1. The van der Waals surface area contributed by atoms with Gasteiger partial charge in [0.25, 0.3) is 0 Å². The first kappa shape index (κ1) is 13.5. The van der Waals surface area contributed by atoms with Crippen molar-refractivity contribution in [1.82, 2.24) is 9.97 Å². The number of aryl methyl sites for hydroxylation is 1. The number of hydrogen-bond donors (Lipinski definition) is 1. The first-order valence-electron chi connectivity index (χ1n) is 5.56. The van der Waals surface area contributed by atoms with E-state index in [1.165, 1.54) is 6.07 Å². The van der Waals surface area contributed by atoms with Crippen molar-refractivity contribution in [2.45, 2.75) is 6.92 Å². The molecule has 5 nitrogen and oxygen atoms in total. The lowest BCUT2D eigenvalue weighted by atomic mass is 10.3. The van der Waals surface area contributed by atoms with Crippen molar-refractivity contribution in [1.29, 1.82) is 0 Å². The molecular weight excluding hydrogens is 310 g/mol. The molecular formula is C13H12BrN3O2. The molecule has 0 unspecified atom stereocenters. The van der Waals surface area contributed by atoms with E-state index in [1.807, 2.05) is 24.3 Å². The number of carbonyl (C=O) groups is 1. The number of anilines is 2. The van der Waals surface area contributed by atoms with Crippen LogP contribution in [-0.4, -0.2) is 28.1 Å². The molecule has 0 fully saturated rings. The van der Waals surface area contributed by atoms with Gasteiger partial charge in [-0.3, -0.25) is 0 Å². The number of benzene rings is 1. The SMILES string of the molecule is Cc1cc(C(=O)O)nc(N(C)c2ccccc2Br)n1. The summed E-state index contributed by atoms with van der Waals surface area (Å²) in [7, 11) is 1.79. The highest BCUT2D eigenvalue weighted by molar-refractivity contribution is 9.10. The summed E-state index contributed by atoms with van der Waals surface area (Å²) in [5.74, 6) is -0.712. The van der Waals surface area contributed by atoms with Gasteiger partial charge < -0.3 is 10.0 Å².